The minimum Gasteiger partial charge on any atom is -0.477 e. The highest BCUT2D eigenvalue weighted by molar-refractivity contribution is 9.10. The molecule has 0 aliphatic heterocycles. The van der Waals surface area contributed by atoms with Crippen LogP contribution in [0.2, 0.25) is 25.7 Å². The van der Waals surface area contributed by atoms with Crippen molar-refractivity contribution in [3.05, 3.63) is 70.7 Å². The Morgan fingerprint density at radius 2 is 1.80 bits per heavy atom. The number of hydrogen-bond donors (Lipinski definition) is 1. The Hall–Kier alpha value is -2.35. The summed E-state index contributed by atoms with van der Waals surface area (Å²) in [6.07, 6.45) is 0. The van der Waals surface area contributed by atoms with Crippen molar-refractivity contribution in [2.45, 2.75) is 32.4 Å². The van der Waals surface area contributed by atoms with Gasteiger partial charge in [0.2, 0.25) is 5.88 Å². The van der Waals surface area contributed by atoms with Crippen molar-refractivity contribution in [3.63, 3.8) is 0 Å². The lowest BCUT2D eigenvalue weighted by Crippen LogP contribution is -2.22. The molecule has 3 aromatic rings. The Labute approximate surface area is 186 Å². The number of para-hydroxylation sites is 1. The number of aromatic carboxylic acids is 1. The molecule has 3 rings (SSSR count). The Balaban J connectivity index is 2.02. The number of carboxylic acids is 1. The molecule has 0 aliphatic carbocycles. The highest BCUT2D eigenvalue weighted by Crippen LogP contribution is 2.35. The fourth-order valence-electron chi connectivity index (χ4n) is 2.94. The fraction of sp³-hybridized carbons (Fsp3) is 0.261. The summed E-state index contributed by atoms with van der Waals surface area (Å²) in [4.78, 5) is 12.0. The molecule has 2 aromatic carbocycles. The van der Waals surface area contributed by atoms with Crippen LogP contribution >= 0.6 is 15.9 Å². The second-order valence-corrected chi connectivity index (χ2v) is 14.8. The molecule has 7 heteroatoms. The maximum atomic E-state index is 12.0. The molecule has 1 aromatic heterocycles. The van der Waals surface area contributed by atoms with Gasteiger partial charge >= 0.3 is 5.97 Å². The third kappa shape index (κ3) is 5.84. The highest BCUT2D eigenvalue weighted by Gasteiger charge is 2.23. The molecular formula is C23H26BrNO4Si. The predicted octanol–water partition coefficient (Wildman–Crippen LogP) is 6.72. The first kappa shape index (κ1) is 22.3. The van der Waals surface area contributed by atoms with Crippen molar-refractivity contribution in [3.8, 4) is 22.9 Å². The van der Waals surface area contributed by atoms with Gasteiger partial charge in [0, 0.05) is 19.2 Å². The Morgan fingerprint density at radius 1 is 1.07 bits per heavy atom. The molecule has 30 heavy (non-hydrogen) atoms. The van der Waals surface area contributed by atoms with Crippen LogP contribution in [0.1, 0.15) is 10.4 Å². The number of rotatable bonds is 9. The van der Waals surface area contributed by atoms with Crippen LogP contribution < -0.4 is 4.74 Å². The second-order valence-electron chi connectivity index (χ2n) is 8.26. The van der Waals surface area contributed by atoms with Crippen molar-refractivity contribution >= 4 is 30.0 Å². The molecule has 1 N–H and O–H groups in total. The van der Waals surface area contributed by atoms with Gasteiger partial charge in [-0.1, -0.05) is 65.9 Å². The van der Waals surface area contributed by atoms with E-state index >= 15 is 0 Å². The molecule has 0 spiro atoms. The van der Waals surface area contributed by atoms with Crippen LogP contribution in [0.25, 0.3) is 11.3 Å². The van der Waals surface area contributed by atoms with Gasteiger partial charge in [-0.2, -0.15) is 0 Å². The monoisotopic (exact) mass is 487 g/mol. The second kappa shape index (κ2) is 9.64. The summed E-state index contributed by atoms with van der Waals surface area (Å²) in [6, 6.07) is 19.6. The van der Waals surface area contributed by atoms with Gasteiger partial charge in [-0.05, 0) is 41.9 Å². The standard InChI is InChI=1S/C23H26BrNO4Si/c1-30(2,3)13-12-28-16-25-21(17-8-7-9-18(24)14-17)15-20(23(26)27)22(25)29-19-10-5-4-6-11-19/h4-11,14-15H,12-13,16H2,1-3H3,(H,26,27). The lowest BCUT2D eigenvalue weighted by molar-refractivity contribution is 0.0687. The van der Waals surface area contributed by atoms with Gasteiger partial charge in [0.1, 0.15) is 18.0 Å². The Morgan fingerprint density at radius 3 is 2.43 bits per heavy atom. The smallest absolute Gasteiger partial charge is 0.341 e. The summed E-state index contributed by atoms with van der Waals surface area (Å²) in [5.74, 6) is -0.211. The molecule has 0 saturated heterocycles. The van der Waals surface area contributed by atoms with Gasteiger partial charge < -0.3 is 14.6 Å². The first-order chi connectivity index (χ1) is 14.2. The lowest BCUT2D eigenvalue weighted by Gasteiger charge is -2.18. The van der Waals surface area contributed by atoms with Crippen LogP contribution in [-0.2, 0) is 11.5 Å². The van der Waals surface area contributed by atoms with E-state index in [9.17, 15) is 9.90 Å². The number of halogens is 1. The third-order valence-corrected chi connectivity index (χ3v) is 6.77. The number of ether oxygens (including phenoxy) is 2. The van der Waals surface area contributed by atoms with Crippen molar-refractivity contribution in [1.29, 1.82) is 0 Å². The third-order valence-electron chi connectivity index (χ3n) is 4.57. The van der Waals surface area contributed by atoms with Gasteiger partial charge in [0.15, 0.2) is 0 Å². The number of benzene rings is 2. The Kier molecular flexibility index (Phi) is 7.17. The summed E-state index contributed by atoms with van der Waals surface area (Å²) in [5, 5.41) is 9.82. The minimum atomic E-state index is -1.23. The van der Waals surface area contributed by atoms with E-state index in [4.69, 9.17) is 9.47 Å². The van der Waals surface area contributed by atoms with E-state index in [2.05, 4.69) is 35.6 Å². The normalized spacial score (nSPS) is 11.5. The van der Waals surface area contributed by atoms with Crippen molar-refractivity contribution < 1.29 is 19.4 Å². The molecule has 0 radical (unpaired) electrons. The highest BCUT2D eigenvalue weighted by atomic mass is 79.9. The molecule has 0 unspecified atom stereocenters. The molecular weight excluding hydrogens is 462 g/mol. The molecule has 0 atom stereocenters. The van der Waals surface area contributed by atoms with Crippen molar-refractivity contribution in [2.75, 3.05) is 6.61 Å². The SMILES string of the molecule is C[Si](C)(C)CCOCn1c(-c2cccc(Br)c2)cc(C(=O)O)c1Oc1ccccc1. The van der Waals surface area contributed by atoms with Gasteiger partial charge in [0.25, 0.3) is 0 Å². The molecule has 0 fully saturated rings. The van der Waals surface area contributed by atoms with Crippen molar-refractivity contribution in [2.24, 2.45) is 0 Å². The van der Waals surface area contributed by atoms with Crippen molar-refractivity contribution in [1.82, 2.24) is 4.57 Å². The van der Waals surface area contributed by atoms with Crippen LogP contribution in [-0.4, -0.2) is 30.3 Å². The largest absolute Gasteiger partial charge is 0.477 e. The van der Waals surface area contributed by atoms with E-state index in [0.29, 0.717) is 12.4 Å². The lowest BCUT2D eigenvalue weighted by atomic mass is 10.1. The zero-order chi connectivity index (χ0) is 21.7. The molecule has 0 bridgehead atoms. The summed E-state index contributed by atoms with van der Waals surface area (Å²) in [7, 11) is -1.23. The Bertz CT molecular complexity index is 1010. The van der Waals surface area contributed by atoms with Crippen LogP contribution in [0.4, 0.5) is 0 Å². The first-order valence-electron chi connectivity index (χ1n) is 9.78. The molecule has 0 saturated carbocycles. The molecule has 158 valence electrons. The van der Waals surface area contributed by atoms with Gasteiger partial charge in [-0.3, -0.25) is 4.57 Å². The maximum absolute atomic E-state index is 12.0. The van der Waals surface area contributed by atoms with E-state index in [1.165, 1.54) is 0 Å². The molecule has 1 heterocycles. The molecule has 0 amide bonds. The van der Waals surface area contributed by atoms with Gasteiger partial charge in [-0.15, -0.1) is 0 Å². The number of carboxylic acid groups (broad SMARTS) is 1. The predicted molar refractivity (Wildman–Crippen MR) is 125 cm³/mol. The molecule has 0 aliphatic rings. The fourth-order valence-corrected chi connectivity index (χ4v) is 4.10. The van der Waals surface area contributed by atoms with Crippen LogP contribution in [0.3, 0.4) is 0 Å². The average Bonchev–Trinajstić information content (AvgIpc) is 3.04. The van der Waals surface area contributed by atoms with E-state index in [0.717, 1.165) is 21.8 Å². The zero-order valence-corrected chi connectivity index (χ0v) is 20.0. The number of carbonyl (C=O) groups is 1. The minimum absolute atomic E-state index is 0.0997. The maximum Gasteiger partial charge on any atom is 0.341 e. The quantitative estimate of drug-likeness (QED) is 0.268. The number of nitrogens with zero attached hydrogens (tertiary/aromatic N) is 1. The summed E-state index contributed by atoms with van der Waals surface area (Å²) in [5.41, 5.74) is 1.71. The number of hydrogen-bond acceptors (Lipinski definition) is 3. The van der Waals surface area contributed by atoms with Gasteiger partial charge in [0.05, 0.1) is 5.69 Å². The van der Waals surface area contributed by atoms with E-state index in [1.54, 1.807) is 22.8 Å². The van der Waals surface area contributed by atoms with Crippen LogP contribution in [0.5, 0.6) is 11.6 Å². The first-order valence-corrected chi connectivity index (χ1v) is 14.3. The topological polar surface area (TPSA) is 60.7 Å². The van der Waals surface area contributed by atoms with E-state index in [1.807, 2.05) is 42.5 Å². The zero-order valence-electron chi connectivity index (χ0n) is 17.4. The van der Waals surface area contributed by atoms with E-state index < -0.39 is 14.0 Å². The van der Waals surface area contributed by atoms with Gasteiger partial charge in [-0.25, -0.2) is 4.79 Å². The molecule has 5 nitrogen and oxygen atoms in total. The number of aromatic nitrogens is 1. The summed E-state index contributed by atoms with van der Waals surface area (Å²) in [6.45, 7) is 7.73. The summed E-state index contributed by atoms with van der Waals surface area (Å²) >= 11 is 3.49. The van der Waals surface area contributed by atoms with E-state index in [-0.39, 0.29) is 18.2 Å². The average molecular weight is 488 g/mol. The van der Waals surface area contributed by atoms with Crippen LogP contribution in [0, 0.1) is 0 Å². The van der Waals surface area contributed by atoms with Crippen LogP contribution in [0.15, 0.2) is 65.1 Å². The summed E-state index contributed by atoms with van der Waals surface area (Å²) < 4.78 is 14.7.